The number of carboxylic acid groups (broad SMARTS) is 1. The molecule has 0 bridgehead atoms. The van der Waals surface area contributed by atoms with Gasteiger partial charge in [-0.1, -0.05) is 12.1 Å². The molecule has 1 heterocycles. The number of ether oxygens (including phenoxy) is 1. The first kappa shape index (κ1) is 14.5. The summed E-state index contributed by atoms with van der Waals surface area (Å²) in [6.45, 7) is 0.579. The molecule has 6 heteroatoms. The van der Waals surface area contributed by atoms with E-state index < -0.39 is 5.97 Å². The van der Waals surface area contributed by atoms with Gasteiger partial charge in [0.15, 0.2) is 0 Å². The highest BCUT2D eigenvalue weighted by Gasteiger charge is 2.09. The van der Waals surface area contributed by atoms with E-state index in [2.05, 4.69) is 10.3 Å². The predicted octanol–water partition coefficient (Wildman–Crippen LogP) is 2.04. The average molecular weight is 292 g/mol. The highest BCUT2D eigenvalue weighted by atomic mass is 32.1. The number of nitrogens with one attached hydrogen (secondary N) is 1. The van der Waals surface area contributed by atoms with E-state index in [0.29, 0.717) is 13.0 Å². The van der Waals surface area contributed by atoms with Crippen molar-refractivity contribution in [2.75, 3.05) is 20.2 Å². The van der Waals surface area contributed by atoms with Gasteiger partial charge in [-0.25, -0.2) is 4.98 Å². The van der Waals surface area contributed by atoms with E-state index in [0.717, 1.165) is 22.0 Å². The Kier molecular flexibility index (Phi) is 5.09. The zero-order chi connectivity index (χ0) is 14.4. The Balaban J connectivity index is 2.00. The Morgan fingerprint density at radius 1 is 1.45 bits per heavy atom. The highest BCUT2D eigenvalue weighted by Crippen LogP contribution is 2.30. The Bertz CT molecular complexity index is 583. The number of nitrogens with zero attached hydrogens (tertiary/aromatic N) is 1. The van der Waals surface area contributed by atoms with E-state index in [9.17, 15) is 4.79 Å². The lowest BCUT2D eigenvalue weighted by molar-refractivity contribution is -0.135. The minimum Gasteiger partial charge on any atom is -0.496 e. The van der Waals surface area contributed by atoms with Crippen molar-refractivity contribution in [3.63, 3.8) is 0 Å². The second kappa shape index (κ2) is 7.02. The first-order valence-corrected chi connectivity index (χ1v) is 7.09. The molecule has 0 radical (unpaired) electrons. The van der Waals surface area contributed by atoms with Crippen molar-refractivity contribution < 1.29 is 14.6 Å². The lowest BCUT2D eigenvalue weighted by atomic mass is 10.1. The molecule has 5 nitrogen and oxygen atoms in total. The summed E-state index contributed by atoms with van der Waals surface area (Å²) in [4.78, 5) is 14.9. The summed E-state index contributed by atoms with van der Waals surface area (Å²) in [5, 5.41) is 14.3. The molecule has 0 saturated heterocycles. The minimum atomic E-state index is -0.848. The maximum absolute atomic E-state index is 10.4. The summed E-state index contributed by atoms with van der Waals surface area (Å²) < 4.78 is 5.32. The third-order valence-corrected chi connectivity index (χ3v) is 3.64. The summed E-state index contributed by atoms with van der Waals surface area (Å²) in [5.74, 6) is -0.0489. The van der Waals surface area contributed by atoms with E-state index in [1.807, 2.05) is 29.6 Å². The fraction of sp³-hybridized carbons (Fsp3) is 0.286. The lowest BCUT2D eigenvalue weighted by Gasteiger charge is -2.04. The third kappa shape index (κ3) is 3.79. The van der Waals surface area contributed by atoms with E-state index in [4.69, 9.17) is 9.84 Å². The molecule has 2 N–H and O–H groups in total. The van der Waals surface area contributed by atoms with Gasteiger partial charge in [-0.15, -0.1) is 11.3 Å². The maximum Gasteiger partial charge on any atom is 0.317 e. The van der Waals surface area contributed by atoms with Crippen LogP contribution in [0.4, 0.5) is 0 Å². The van der Waals surface area contributed by atoms with Crippen LogP contribution in [0.3, 0.4) is 0 Å². The molecular weight excluding hydrogens is 276 g/mol. The standard InChI is InChI=1S/C14H16N2O3S/c1-19-12-5-3-2-4-10(12)11-9-20-13(16-11)6-7-15-8-14(17)18/h2-5,9,15H,6-8H2,1H3,(H,17,18). The molecule has 0 saturated carbocycles. The van der Waals surface area contributed by atoms with Crippen LogP contribution in [-0.2, 0) is 11.2 Å². The first-order chi connectivity index (χ1) is 9.70. The van der Waals surface area contributed by atoms with E-state index in [-0.39, 0.29) is 6.54 Å². The Labute approximate surface area is 121 Å². The fourth-order valence-electron chi connectivity index (χ4n) is 1.80. The van der Waals surface area contributed by atoms with Crippen LogP contribution in [0, 0.1) is 0 Å². The van der Waals surface area contributed by atoms with Gasteiger partial charge in [0.1, 0.15) is 5.75 Å². The van der Waals surface area contributed by atoms with Crippen molar-refractivity contribution in [1.29, 1.82) is 0 Å². The predicted molar refractivity (Wildman–Crippen MR) is 78.3 cm³/mol. The minimum absolute atomic E-state index is 0.0231. The second-order valence-corrected chi connectivity index (χ2v) is 5.09. The highest BCUT2D eigenvalue weighted by molar-refractivity contribution is 7.09. The molecule has 20 heavy (non-hydrogen) atoms. The fourth-order valence-corrected chi connectivity index (χ4v) is 2.59. The molecule has 0 unspecified atom stereocenters. The number of aliphatic carboxylic acids is 1. The Morgan fingerprint density at radius 3 is 3.00 bits per heavy atom. The van der Waals surface area contributed by atoms with Crippen LogP contribution in [0.2, 0.25) is 0 Å². The molecule has 2 aromatic rings. The summed E-state index contributed by atoms with van der Waals surface area (Å²) in [6, 6.07) is 7.75. The number of aromatic nitrogens is 1. The molecule has 0 aliphatic rings. The van der Waals surface area contributed by atoms with Gasteiger partial charge in [0.2, 0.25) is 0 Å². The number of para-hydroxylation sites is 1. The lowest BCUT2D eigenvalue weighted by Crippen LogP contribution is -2.24. The van der Waals surface area contributed by atoms with Gasteiger partial charge in [-0.05, 0) is 12.1 Å². The first-order valence-electron chi connectivity index (χ1n) is 6.21. The molecule has 0 amide bonds. The van der Waals surface area contributed by atoms with Crippen LogP contribution >= 0.6 is 11.3 Å². The number of hydrogen-bond acceptors (Lipinski definition) is 5. The average Bonchev–Trinajstić information content (AvgIpc) is 2.92. The summed E-state index contributed by atoms with van der Waals surface area (Å²) in [7, 11) is 1.64. The molecule has 0 aliphatic carbocycles. The molecule has 0 fully saturated rings. The van der Waals surface area contributed by atoms with Crippen molar-refractivity contribution in [2.24, 2.45) is 0 Å². The molecule has 0 aliphatic heterocycles. The maximum atomic E-state index is 10.4. The second-order valence-electron chi connectivity index (χ2n) is 4.15. The summed E-state index contributed by atoms with van der Waals surface area (Å²) in [6.07, 6.45) is 0.715. The Morgan fingerprint density at radius 2 is 2.25 bits per heavy atom. The van der Waals surface area contributed by atoms with Crippen LogP contribution in [0.1, 0.15) is 5.01 Å². The van der Waals surface area contributed by atoms with Crippen molar-refractivity contribution in [3.05, 3.63) is 34.7 Å². The third-order valence-electron chi connectivity index (χ3n) is 2.73. The van der Waals surface area contributed by atoms with Crippen LogP contribution in [0.25, 0.3) is 11.3 Å². The van der Waals surface area contributed by atoms with E-state index >= 15 is 0 Å². The van der Waals surface area contributed by atoms with Crippen LogP contribution in [0.15, 0.2) is 29.6 Å². The number of hydrogen-bond donors (Lipinski definition) is 2. The van der Waals surface area contributed by atoms with Gasteiger partial charge in [-0.2, -0.15) is 0 Å². The number of rotatable bonds is 7. The van der Waals surface area contributed by atoms with E-state index in [1.54, 1.807) is 18.4 Å². The van der Waals surface area contributed by atoms with Crippen molar-refractivity contribution in [1.82, 2.24) is 10.3 Å². The van der Waals surface area contributed by atoms with Gasteiger partial charge in [0.25, 0.3) is 0 Å². The smallest absolute Gasteiger partial charge is 0.317 e. The molecule has 0 atom stereocenters. The van der Waals surface area contributed by atoms with Crippen LogP contribution < -0.4 is 10.1 Å². The van der Waals surface area contributed by atoms with Gasteiger partial charge < -0.3 is 15.2 Å². The molecule has 2 rings (SSSR count). The molecule has 106 valence electrons. The molecule has 0 spiro atoms. The molecule has 1 aromatic heterocycles. The summed E-state index contributed by atoms with van der Waals surface area (Å²) in [5.41, 5.74) is 1.86. The topological polar surface area (TPSA) is 71.5 Å². The largest absolute Gasteiger partial charge is 0.496 e. The zero-order valence-electron chi connectivity index (χ0n) is 11.1. The number of thiazole rings is 1. The SMILES string of the molecule is COc1ccccc1-c1csc(CCNCC(=O)O)n1. The van der Waals surface area contributed by atoms with Gasteiger partial charge in [-0.3, -0.25) is 4.79 Å². The van der Waals surface area contributed by atoms with Crippen molar-refractivity contribution >= 4 is 17.3 Å². The van der Waals surface area contributed by atoms with Gasteiger partial charge in [0.05, 0.1) is 24.4 Å². The number of benzene rings is 1. The quantitative estimate of drug-likeness (QED) is 0.764. The normalized spacial score (nSPS) is 10.4. The molecular formula is C14H16N2O3S. The Hall–Kier alpha value is -1.92. The number of carboxylic acids is 1. The van der Waals surface area contributed by atoms with Crippen LogP contribution in [-0.4, -0.2) is 36.3 Å². The number of carbonyl (C=O) groups is 1. The van der Waals surface area contributed by atoms with E-state index in [1.165, 1.54) is 0 Å². The van der Waals surface area contributed by atoms with Gasteiger partial charge >= 0.3 is 5.97 Å². The van der Waals surface area contributed by atoms with Crippen LogP contribution in [0.5, 0.6) is 5.75 Å². The summed E-state index contributed by atoms with van der Waals surface area (Å²) >= 11 is 1.57. The van der Waals surface area contributed by atoms with Gasteiger partial charge in [0, 0.05) is 23.9 Å². The molecule has 1 aromatic carbocycles. The van der Waals surface area contributed by atoms with Crippen molar-refractivity contribution in [3.8, 4) is 17.0 Å². The number of methoxy groups -OCH3 is 1. The van der Waals surface area contributed by atoms with Crippen molar-refractivity contribution in [2.45, 2.75) is 6.42 Å². The zero-order valence-corrected chi connectivity index (χ0v) is 11.9. The monoisotopic (exact) mass is 292 g/mol.